The van der Waals surface area contributed by atoms with E-state index < -0.39 is 26.1 Å². The molecule has 0 spiro atoms. The zero-order chi connectivity index (χ0) is 27.1. The SMILES string of the molecule is CC(C)(C)OC(=O)N(CCc1ccc(N)cc1)C[C@H](O)COc1ccc(O[Si](C)(C)C(C)(C)C)cc1. The van der Waals surface area contributed by atoms with Gasteiger partial charge in [0.1, 0.15) is 29.8 Å². The Bertz CT molecular complexity index is 963. The lowest BCUT2D eigenvalue weighted by atomic mass is 10.1. The fourth-order valence-electron chi connectivity index (χ4n) is 3.08. The summed E-state index contributed by atoms with van der Waals surface area (Å²) >= 11 is 0. The van der Waals surface area contributed by atoms with Gasteiger partial charge in [0, 0.05) is 12.2 Å². The van der Waals surface area contributed by atoms with Crippen LogP contribution in [0.1, 0.15) is 47.1 Å². The minimum absolute atomic E-state index is 0.0452. The number of carbonyl (C=O) groups excluding carboxylic acids is 1. The van der Waals surface area contributed by atoms with Crippen molar-refractivity contribution in [2.75, 3.05) is 25.4 Å². The maximum absolute atomic E-state index is 12.8. The van der Waals surface area contributed by atoms with E-state index in [2.05, 4.69) is 33.9 Å². The molecular weight excluding hydrogens is 472 g/mol. The third kappa shape index (κ3) is 9.74. The second kappa shape index (κ2) is 12.0. The first kappa shape index (κ1) is 29.5. The predicted molar refractivity (Wildman–Crippen MR) is 148 cm³/mol. The summed E-state index contributed by atoms with van der Waals surface area (Å²) in [6.45, 7) is 17.0. The van der Waals surface area contributed by atoms with Gasteiger partial charge in [0.2, 0.25) is 8.32 Å². The molecule has 36 heavy (non-hydrogen) atoms. The predicted octanol–water partition coefficient (Wildman–Crippen LogP) is 5.87. The molecule has 2 rings (SSSR count). The van der Waals surface area contributed by atoms with Gasteiger partial charge in [-0.3, -0.25) is 0 Å². The number of amides is 1. The summed E-state index contributed by atoms with van der Waals surface area (Å²) in [6, 6.07) is 15.0. The zero-order valence-corrected chi connectivity index (χ0v) is 24.1. The van der Waals surface area contributed by atoms with Gasteiger partial charge in [-0.2, -0.15) is 0 Å². The summed E-state index contributed by atoms with van der Waals surface area (Å²) < 4.78 is 17.6. The fraction of sp³-hybridized carbons (Fsp3) is 0.536. The number of hydrogen-bond donors (Lipinski definition) is 2. The lowest BCUT2D eigenvalue weighted by Crippen LogP contribution is -2.43. The number of anilines is 1. The summed E-state index contributed by atoms with van der Waals surface area (Å²) in [4.78, 5) is 14.3. The minimum Gasteiger partial charge on any atom is -0.543 e. The van der Waals surface area contributed by atoms with E-state index in [4.69, 9.17) is 19.6 Å². The number of aliphatic hydroxyl groups excluding tert-OH is 1. The Hall–Kier alpha value is -2.71. The summed E-state index contributed by atoms with van der Waals surface area (Å²) in [7, 11) is -1.92. The molecule has 0 unspecified atom stereocenters. The van der Waals surface area contributed by atoms with Gasteiger partial charge in [0.15, 0.2) is 0 Å². The lowest BCUT2D eigenvalue weighted by molar-refractivity contribution is 0.00944. The Kier molecular flexibility index (Phi) is 9.85. The van der Waals surface area contributed by atoms with Crippen molar-refractivity contribution in [2.24, 2.45) is 0 Å². The van der Waals surface area contributed by atoms with Crippen LogP contribution in [0.15, 0.2) is 48.5 Å². The average Bonchev–Trinajstić information content (AvgIpc) is 2.75. The Morgan fingerprint density at radius 1 is 0.972 bits per heavy atom. The van der Waals surface area contributed by atoms with Crippen LogP contribution in [-0.4, -0.2) is 55.8 Å². The van der Waals surface area contributed by atoms with Crippen LogP contribution in [0.3, 0.4) is 0 Å². The number of nitrogens with two attached hydrogens (primary N) is 1. The van der Waals surface area contributed by atoms with Gasteiger partial charge in [-0.05, 0) is 87.3 Å². The number of benzene rings is 2. The summed E-state index contributed by atoms with van der Waals surface area (Å²) in [5, 5.41) is 10.8. The minimum atomic E-state index is -1.92. The molecule has 7 nitrogen and oxygen atoms in total. The number of ether oxygens (including phenoxy) is 2. The average molecular weight is 517 g/mol. The maximum Gasteiger partial charge on any atom is 0.410 e. The van der Waals surface area contributed by atoms with Crippen molar-refractivity contribution in [1.82, 2.24) is 4.90 Å². The number of aliphatic hydroxyl groups is 1. The van der Waals surface area contributed by atoms with Crippen LogP contribution >= 0.6 is 0 Å². The van der Waals surface area contributed by atoms with Gasteiger partial charge in [-0.1, -0.05) is 32.9 Å². The molecule has 0 heterocycles. The van der Waals surface area contributed by atoms with Gasteiger partial charge < -0.3 is 29.6 Å². The molecule has 3 N–H and O–H groups in total. The number of nitrogen functional groups attached to an aromatic ring is 1. The smallest absolute Gasteiger partial charge is 0.410 e. The largest absolute Gasteiger partial charge is 0.543 e. The molecule has 1 atom stereocenters. The van der Waals surface area contributed by atoms with Crippen LogP contribution in [0, 0.1) is 0 Å². The van der Waals surface area contributed by atoms with E-state index in [1.807, 2.05) is 69.3 Å². The summed E-state index contributed by atoms with van der Waals surface area (Å²) in [5.74, 6) is 1.44. The Morgan fingerprint density at radius 3 is 2.06 bits per heavy atom. The highest BCUT2D eigenvalue weighted by atomic mass is 28.4. The molecule has 8 heteroatoms. The number of carbonyl (C=O) groups is 1. The second-order valence-electron chi connectivity index (χ2n) is 11.7. The molecule has 0 aromatic heterocycles. The van der Waals surface area contributed by atoms with Crippen LogP contribution < -0.4 is 14.9 Å². The van der Waals surface area contributed by atoms with Crippen LogP contribution in [0.2, 0.25) is 18.1 Å². The highest BCUT2D eigenvalue weighted by Gasteiger charge is 2.38. The molecule has 0 saturated carbocycles. The molecule has 2 aromatic carbocycles. The highest BCUT2D eigenvalue weighted by molar-refractivity contribution is 6.74. The van der Waals surface area contributed by atoms with Crippen LogP contribution in [0.5, 0.6) is 11.5 Å². The fourth-order valence-corrected chi connectivity index (χ4v) is 4.11. The molecule has 0 saturated heterocycles. The Balaban J connectivity index is 1.96. The molecule has 0 aliphatic rings. The summed E-state index contributed by atoms with van der Waals surface area (Å²) in [5.41, 5.74) is 6.86. The molecule has 0 radical (unpaired) electrons. The van der Waals surface area contributed by atoms with Crippen molar-refractivity contribution in [3.05, 3.63) is 54.1 Å². The Labute approximate surface area is 217 Å². The van der Waals surface area contributed by atoms with Crippen LogP contribution in [0.4, 0.5) is 10.5 Å². The zero-order valence-electron chi connectivity index (χ0n) is 23.1. The van der Waals surface area contributed by atoms with Crippen LogP contribution in [0.25, 0.3) is 0 Å². The lowest BCUT2D eigenvalue weighted by Gasteiger charge is -2.36. The second-order valence-corrected chi connectivity index (χ2v) is 16.4. The van der Waals surface area contributed by atoms with Crippen molar-refractivity contribution < 1.29 is 23.8 Å². The molecule has 0 fully saturated rings. The van der Waals surface area contributed by atoms with E-state index in [0.29, 0.717) is 24.4 Å². The third-order valence-electron chi connectivity index (χ3n) is 6.18. The molecule has 0 bridgehead atoms. The Morgan fingerprint density at radius 2 is 1.53 bits per heavy atom. The topological polar surface area (TPSA) is 94.3 Å². The van der Waals surface area contributed by atoms with Gasteiger partial charge in [-0.25, -0.2) is 4.79 Å². The first-order valence-electron chi connectivity index (χ1n) is 12.5. The molecule has 0 aliphatic carbocycles. The molecule has 0 aliphatic heterocycles. The first-order chi connectivity index (χ1) is 16.6. The van der Waals surface area contributed by atoms with Crippen molar-refractivity contribution >= 4 is 20.1 Å². The number of hydrogen-bond acceptors (Lipinski definition) is 6. The monoisotopic (exact) mass is 516 g/mol. The van der Waals surface area contributed by atoms with Gasteiger partial charge in [-0.15, -0.1) is 0 Å². The molecule has 1 amide bonds. The normalized spacial score (nSPS) is 13.1. The van der Waals surface area contributed by atoms with Crippen molar-refractivity contribution in [3.63, 3.8) is 0 Å². The highest BCUT2D eigenvalue weighted by Crippen LogP contribution is 2.37. The van der Waals surface area contributed by atoms with Crippen molar-refractivity contribution in [2.45, 2.75) is 77.8 Å². The van der Waals surface area contributed by atoms with Gasteiger partial charge in [0.25, 0.3) is 0 Å². The summed E-state index contributed by atoms with van der Waals surface area (Å²) in [6.07, 6.45) is -0.737. The van der Waals surface area contributed by atoms with E-state index in [1.165, 1.54) is 4.90 Å². The van der Waals surface area contributed by atoms with E-state index in [-0.39, 0.29) is 18.2 Å². The third-order valence-corrected chi connectivity index (χ3v) is 10.5. The maximum atomic E-state index is 12.8. The van der Waals surface area contributed by atoms with Crippen molar-refractivity contribution in [1.29, 1.82) is 0 Å². The number of nitrogens with zero attached hydrogens (tertiary/aromatic N) is 1. The van der Waals surface area contributed by atoms with E-state index >= 15 is 0 Å². The van der Waals surface area contributed by atoms with Crippen LogP contribution in [-0.2, 0) is 11.2 Å². The standard InChI is InChI=1S/C28H44N2O5Si/c1-27(2,3)34-26(32)30(18-17-21-9-11-22(29)12-10-21)19-23(31)20-33-24-13-15-25(16-14-24)35-36(7,8)28(4,5)6/h9-16,23,31H,17-20,29H2,1-8H3/t23-/m0/s1. The first-order valence-corrected chi connectivity index (χ1v) is 15.4. The van der Waals surface area contributed by atoms with Gasteiger partial charge in [0.05, 0.1) is 6.54 Å². The van der Waals surface area contributed by atoms with E-state index in [0.717, 1.165) is 11.3 Å². The van der Waals surface area contributed by atoms with Gasteiger partial charge >= 0.3 is 6.09 Å². The molecule has 200 valence electrons. The molecule has 2 aromatic rings. The quantitative estimate of drug-likeness (QED) is 0.303. The van der Waals surface area contributed by atoms with E-state index in [1.54, 1.807) is 0 Å². The molecular formula is C28H44N2O5Si. The van der Waals surface area contributed by atoms with E-state index in [9.17, 15) is 9.90 Å². The number of rotatable bonds is 10. The van der Waals surface area contributed by atoms with Crippen molar-refractivity contribution in [3.8, 4) is 11.5 Å².